The van der Waals surface area contributed by atoms with Gasteiger partial charge in [0.2, 0.25) is 15.9 Å². The third-order valence-corrected chi connectivity index (χ3v) is 5.94. The zero-order valence-electron chi connectivity index (χ0n) is 15.0. The topological polar surface area (TPSA) is 96.5 Å². The van der Waals surface area contributed by atoms with Crippen molar-refractivity contribution in [2.75, 3.05) is 20.2 Å². The first-order chi connectivity index (χ1) is 11.9. The van der Waals surface area contributed by atoms with Crippen molar-refractivity contribution >= 4 is 15.9 Å². The summed E-state index contributed by atoms with van der Waals surface area (Å²) in [6, 6.07) is 4.62. The summed E-state index contributed by atoms with van der Waals surface area (Å²) in [4.78, 5) is 11.7. The molecule has 2 unspecified atom stereocenters. The molecule has 2 atom stereocenters. The van der Waals surface area contributed by atoms with Gasteiger partial charge in [-0.3, -0.25) is 4.79 Å². The summed E-state index contributed by atoms with van der Waals surface area (Å²) in [5.74, 6) is 0.674. The highest BCUT2D eigenvalue weighted by atomic mass is 32.2. The van der Waals surface area contributed by atoms with E-state index in [0.717, 1.165) is 19.5 Å². The van der Waals surface area contributed by atoms with Crippen molar-refractivity contribution in [2.45, 2.75) is 44.2 Å². The normalized spacial score (nSPS) is 20.9. The summed E-state index contributed by atoms with van der Waals surface area (Å²) in [5, 5.41) is 6.00. The lowest BCUT2D eigenvalue weighted by atomic mass is 9.97. The van der Waals surface area contributed by atoms with E-state index in [1.54, 1.807) is 19.1 Å². The van der Waals surface area contributed by atoms with E-state index in [4.69, 9.17) is 4.74 Å². The first-order valence-electron chi connectivity index (χ1n) is 8.54. The maximum absolute atomic E-state index is 12.7. The van der Waals surface area contributed by atoms with Gasteiger partial charge in [0.05, 0.1) is 12.0 Å². The highest BCUT2D eigenvalue weighted by molar-refractivity contribution is 7.89. The Morgan fingerprint density at radius 3 is 2.80 bits per heavy atom. The molecule has 1 heterocycles. The fourth-order valence-electron chi connectivity index (χ4n) is 2.84. The molecule has 0 bridgehead atoms. The van der Waals surface area contributed by atoms with Gasteiger partial charge in [0.1, 0.15) is 5.75 Å². The number of piperidine rings is 1. The molecule has 7 nitrogen and oxygen atoms in total. The lowest BCUT2D eigenvalue weighted by Gasteiger charge is -2.30. The fraction of sp³-hybridized carbons (Fsp3) is 0.588. The van der Waals surface area contributed by atoms with Crippen LogP contribution in [0.15, 0.2) is 23.1 Å². The van der Waals surface area contributed by atoms with Crippen molar-refractivity contribution in [3.05, 3.63) is 23.8 Å². The number of benzene rings is 1. The van der Waals surface area contributed by atoms with Gasteiger partial charge in [-0.05, 0) is 43.6 Å². The number of carbonyl (C=O) groups excluding carboxylic acids is 1. The lowest BCUT2D eigenvalue weighted by molar-refractivity contribution is -0.120. The molecule has 1 aliphatic rings. The summed E-state index contributed by atoms with van der Waals surface area (Å²) in [5.41, 5.74) is 0.630. The molecule has 0 saturated carbocycles. The van der Waals surface area contributed by atoms with E-state index < -0.39 is 10.0 Å². The monoisotopic (exact) mass is 369 g/mol. The number of ether oxygens (including phenoxy) is 1. The van der Waals surface area contributed by atoms with Gasteiger partial charge < -0.3 is 15.4 Å². The molecule has 0 radical (unpaired) electrons. The predicted octanol–water partition coefficient (Wildman–Crippen LogP) is 0.998. The number of hydrogen-bond donors (Lipinski definition) is 3. The second kappa shape index (κ2) is 8.64. The van der Waals surface area contributed by atoms with E-state index in [2.05, 4.69) is 15.4 Å². The summed E-state index contributed by atoms with van der Waals surface area (Å²) in [6.07, 6.45) is 1.13. The van der Waals surface area contributed by atoms with Gasteiger partial charge in [-0.25, -0.2) is 13.1 Å². The Kier molecular flexibility index (Phi) is 6.80. The smallest absolute Gasteiger partial charge is 0.240 e. The van der Waals surface area contributed by atoms with Gasteiger partial charge in [0, 0.05) is 24.6 Å². The van der Waals surface area contributed by atoms with Crippen molar-refractivity contribution in [2.24, 2.45) is 5.92 Å². The Labute approximate surface area is 149 Å². The van der Waals surface area contributed by atoms with Gasteiger partial charge in [-0.2, -0.15) is 0 Å². The lowest BCUT2D eigenvalue weighted by Crippen LogP contribution is -2.48. The highest BCUT2D eigenvalue weighted by Gasteiger charge is 2.27. The van der Waals surface area contributed by atoms with Crippen LogP contribution >= 0.6 is 0 Å². The number of nitrogens with one attached hydrogen (secondary N) is 3. The minimum atomic E-state index is -3.63. The predicted molar refractivity (Wildman–Crippen MR) is 95.9 cm³/mol. The number of methoxy groups -OCH3 is 1. The van der Waals surface area contributed by atoms with Crippen LogP contribution in [0.5, 0.6) is 5.75 Å². The first kappa shape index (κ1) is 19.7. The number of rotatable bonds is 7. The maximum Gasteiger partial charge on any atom is 0.240 e. The van der Waals surface area contributed by atoms with E-state index in [0.29, 0.717) is 17.7 Å². The van der Waals surface area contributed by atoms with Crippen molar-refractivity contribution in [1.29, 1.82) is 0 Å². The number of sulfonamides is 1. The quantitative estimate of drug-likeness (QED) is 0.666. The van der Waals surface area contributed by atoms with Crippen LogP contribution in [-0.2, 0) is 21.4 Å². The molecule has 2 rings (SSSR count). The molecule has 0 spiro atoms. The minimum Gasteiger partial charge on any atom is -0.496 e. The Hall–Kier alpha value is -1.64. The molecule has 8 heteroatoms. The molecule has 1 aromatic rings. The third kappa shape index (κ3) is 5.17. The summed E-state index contributed by atoms with van der Waals surface area (Å²) in [6.45, 7) is 5.61. The molecule has 1 aliphatic heterocycles. The average molecular weight is 369 g/mol. The van der Waals surface area contributed by atoms with E-state index >= 15 is 0 Å². The van der Waals surface area contributed by atoms with E-state index in [1.165, 1.54) is 13.2 Å². The summed E-state index contributed by atoms with van der Waals surface area (Å²) in [7, 11) is -2.11. The Balaban J connectivity index is 2.20. The molecule has 0 aromatic heterocycles. The standard InChI is InChI=1S/C17H27N3O4S/c1-4-17(21)19-11-13-9-14(5-6-16(13)24-3)25(22,23)20-15-7-8-18-10-12(15)2/h5-6,9,12,15,18,20H,4,7-8,10-11H2,1-3H3,(H,19,21). The fourth-order valence-corrected chi connectivity index (χ4v) is 4.26. The van der Waals surface area contributed by atoms with Crippen molar-refractivity contribution < 1.29 is 17.9 Å². The SMILES string of the molecule is CCC(=O)NCc1cc(S(=O)(=O)NC2CCNCC2C)ccc1OC. The van der Waals surface area contributed by atoms with Crippen LogP contribution < -0.4 is 20.1 Å². The largest absolute Gasteiger partial charge is 0.496 e. The van der Waals surface area contributed by atoms with Crippen molar-refractivity contribution in [1.82, 2.24) is 15.4 Å². The van der Waals surface area contributed by atoms with Crippen LogP contribution in [0.3, 0.4) is 0 Å². The van der Waals surface area contributed by atoms with E-state index in [-0.39, 0.29) is 29.3 Å². The summed E-state index contributed by atoms with van der Waals surface area (Å²) < 4.78 is 33.5. The van der Waals surface area contributed by atoms with Crippen LogP contribution in [0.25, 0.3) is 0 Å². The van der Waals surface area contributed by atoms with Crippen molar-refractivity contribution in [3.8, 4) is 5.75 Å². The van der Waals surface area contributed by atoms with Crippen LogP contribution in [0, 0.1) is 5.92 Å². The van der Waals surface area contributed by atoms with E-state index in [1.807, 2.05) is 6.92 Å². The third-order valence-electron chi connectivity index (χ3n) is 4.45. The molecule has 3 N–H and O–H groups in total. The highest BCUT2D eigenvalue weighted by Crippen LogP contribution is 2.23. The second-order valence-corrected chi connectivity index (χ2v) is 8.02. The summed E-state index contributed by atoms with van der Waals surface area (Å²) >= 11 is 0. The number of carbonyl (C=O) groups is 1. The van der Waals surface area contributed by atoms with Gasteiger partial charge in [-0.15, -0.1) is 0 Å². The molecular formula is C17H27N3O4S. The van der Waals surface area contributed by atoms with Crippen LogP contribution in [0.4, 0.5) is 0 Å². The van der Waals surface area contributed by atoms with Crippen LogP contribution in [0.2, 0.25) is 0 Å². The molecule has 1 fully saturated rings. The molecule has 140 valence electrons. The average Bonchev–Trinajstić information content (AvgIpc) is 2.61. The molecule has 1 aromatic carbocycles. The van der Waals surface area contributed by atoms with Gasteiger partial charge in [0.25, 0.3) is 0 Å². The number of hydrogen-bond acceptors (Lipinski definition) is 5. The first-order valence-corrected chi connectivity index (χ1v) is 10.0. The van der Waals surface area contributed by atoms with Crippen molar-refractivity contribution in [3.63, 3.8) is 0 Å². The zero-order chi connectivity index (χ0) is 18.4. The van der Waals surface area contributed by atoms with Gasteiger partial charge >= 0.3 is 0 Å². The molecule has 0 aliphatic carbocycles. The molecule has 1 amide bonds. The Bertz CT molecular complexity index is 706. The maximum atomic E-state index is 12.7. The number of amides is 1. The Morgan fingerprint density at radius 1 is 1.40 bits per heavy atom. The Morgan fingerprint density at radius 2 is 2.16 bits per heavy atom. The van der Waals surface area contributed by atoms with Crippen LogP contribution in [0.1, 0.15) is 32.3 Å². The van der Waals surface area contributed by atoms with Gasteiger partial charge in [-0.1, -0.05) is 13.8 Å². The molecule has 25 heavy (non-hydrogen) atoms. The molecule has 1 saturated heterocycles. The molecular weight excluding hydrogens is 342 g/mol. The minimum absolute atomic E-state index is 0.0865. The van der Waals surface area contributed by atoms with Gasteiger partial charge in [0.15, 0.2) is 0 Å². The van der Waals surface area contributed by atoms with Crippen LogP contribution in [-0.4, -0.2) is 40.6 Å². The second-order valence-electron chi connectivity index (χ2n) is 6.30. The zero-order valence-corrected chi connectivity index (χ0v) is 15.8. The van der Waals surface area contributed by atoms with E-state index in [9.17, 15) is 13.2 Å².